The highest BCUT2D eigenvalue weighted by atomic mass is 16.5. The third-order valence-electron chi connectivity index (χ3n) is 4.47. The first-order valence-corrected chi connectivity index (χ1v) is 9.29. The van der Waals surface area contributed by atoms with Gasteiger partial charge in [-0.15, -0.1) is 0 Å². The molecule has 0 aliphatic carbocycles. The Morgan fingerprint density at radius 2 is 1.76 bits per heavy atom. The van der Waals surface area contributed by atoms with Crippen molar-refractivity contribution in [3.05, 3.63) is 71.7 Å². The van der Waals surface area contributed by atoms with Gasteiger partial charge in [-0.2, -0.15) is 4.98 Å². The Kier molecular flexibility index (Phi) is 4.95. The highest BCUT2D eigenvalue weighted by Crippen LogP contribution is 2.21. The quantitative estimate of drug-likeness (QED) is 0.556. The van der Waals surface area contributed by atoms with E-state index in [9.17, 15) is 4.79 Å². The van der Waals surface area contributed by atoms with Crippen molar-refractivity contribution >= 4 is 11.6 Å². The number of carbonyl (C=O) groups is 1. The molecule has 4 rings (SSSR count). The number of benzene rings is 2. The average molecular weight is 387 g/mol. The van der Waals surface area contributed by atoms with Gasteiger partial charge in [0.1, 0.15) is 18.1 Å². The molecule has 1 N–H and O–H groups in total. The molecule has 0 spiro atoms. The van der Waals surface area contributed by atoms with Crippen molar-refractivity contribution < 1.29 is 9.32 Å². The van der Waals surface area contributed by atoms with Crippen LogP contribution in [0.15, 0.2) is 59.3 Å². The van der Waals surface area contributed by atoms with Crippen LogP contribution in [0.4, 0.5) is 5.69 Å². The molecule has 0 fully saturated rings. The molecule has 0 radical (unpaired) electrons. The summed E-state index contributed by atoms with van der Waals surface area (Å²) in [5, 5.41) is 6.96. The molecule has 7 heteroatoms. The Labute approximate surface area is 168 Å². The van der Waals surface area contributed by atoms with E-state index >= 15 is 0 Å². The van der Waals surface area contributed by atoms with Crippen molar-refractivity contribution in [2.24, 2.45) is 0 Å². The number of anilines is 1. The highest BCUT2D eigenvalue weighted by Gasteiger charge is 2.15. The van der Waals surface area contributed by atoms with Gasteiger partial charge >= 0.3 is 0 Å². The molecule has 0 atom stereocenters. The fraction of sp³-hybridized carbons (Fsp3) is 0.182. The van der Waals surface area contributed by atoms with Gasteiger partial charge in [0, 0.05) is 17.4 Å². The van der Waals surface area contributed by atoms with E-state index < -0.39 is 0 Å². The second kappa shape index (κ2) is 7.71. The Morgan fingerprint density at radius 1 is 1.03 bits per heavy atom. The Balaban J connectivity index is 1.49. The Hall–Kier alpha value is -3.74. The molecule has 4 aromatic rings. The van der Waals surface area contributed by atoms with Crippen LogP contribution in [0.3, 0.4) is 0 Å². The summed E-state index contributed by atoms with van der Waals surface area (Å²) in [6.07, 6.45) is 1.76. The zero-order valence-electron chi connectivity index (χ0n) is 16.5. The van der Waals surface area contributed by atoms with Crippen LogP contribution in [0, 0.1) is 20.8 Å². The maximum absolute atomic E-state index is 12.5. The molecule has 0 bridgehead atoms. The smallest absolute Gasteiger partial charge is 0.258 e. The summed E-state index contributed by atoms with van der Waals surface area (Å²) in [6, 6.07) is 15.5. The second-order valence-corrected chi connectivity index (χ2v) is 7.01. The fourth-order valence-corrected chi connectivity index (χ4v) is 3.20. The predicted octanol–water partition coefficient (Wildman–Crippen LogP) is 4.16. The van der Waals surface area contributed by atoms with E-state index in [0.29, 0.717) is 23.2 Å². The minimum Gasteiger partial charge on any atom is -0.334 e. The zero-order valence-corrected chi connectivity index (χ0v) is 16.5. The molecule has 1 amide bonds. The number of hydrogen-bond donors (Lipinski definition) is 1. The van der Waals surface area contributed by atoms with Gasteiger partial charge in [-0.3, -0.25) is 4.79 Å². The number of imidazole rings is 1. The van der Waals surface area contributed by atoms with E-state index in [1.54, 1.807) is 10.8 Å². The molecule has 2 aromatic heterocycles. The SMILES string of the molecule is Cc1cc(C)cc(NC(=O)Cn2cc(-c3noc(-c4ccccc4)n3)nc2C)c1. The Morgan fingerprint density at radius 3 is 2.48 bits per heavy atom. The largest absolute Gasteiger partial charge is 0.334 e. The summed E-state index contributed by atoms with van der Waals surface area (Å²) >= 11 is 0. The first-order valence-electron chi connectivity index (χ1n) is 9.29. The summed E-state index contributed by atoms with van der Waals surface area (Å²) in [5.74, 6) is 1.39. The van der Waals surface area contributed by atoms with Gasteiger partial charge in [0.25, 0.3) is 5.89 Å². The monoisotopic (exact) mass is 387 g/mol. The summed E-state index contributed by atoms with van der Waals surface area (Å²) in [5.41, 5.74) is 4.40. The third-order valence-corrected chi connectivity index (χ3v) is 4.47. The third kappa shape index (κ3) is 4.24. The number of aromatic nitrogens is 4. The van der Waals surface area contributed by atoms with Gasteiger partial charge in [0.15, 0.2) is 0 Å². The zero-order chi connectivity index (χ0) is 20.4. The van der Waals surface area contributed by atoms with Crippen LogP contribution in [0.25, 0.3) is 23.0 Å². The lowest BCUT2D eigenvalue weighted by Gasteiger charge is -2.08. The molecule has 0 aliphatic rings. The minimum absolute atomic E-state index is 0.125. The molecule has 146 valence electrons. The summed E-state index contributed by atoms with van der Waals surface area (Å²) < 4.78 is 7.12. The van der Waals surface area contributed by atoms with Crippen LogP contribution in [-0.2, 0) is 11.3 Å². The van der Waals surface area contributed by atoms with Gasteiger partial charge in [-0.25, -0.2) is 4.98 Å². The van der Waals surface area contributed by atoms with Crippen molar-refractivity contribution in [2.45, 2.75) is 27.3 Å². The van der Waals surface area contributed by atoms with Crippen LogP contribution in [-0.4, -0.2) is 25.6 Å². The Bertz CT molecular complexity index is 1140. The van der Waals surface area contributed by atoms with Crippen LogP contribution in [0.2, 0.25) is 0 Å². The number of rotatable bonds is 5. The van der Waals surface area contributed by atoms with E-state index in [4.69, 9.17) is 4.52 Å². The molecule has 0 saturated heterocycles. The maximum atomic E-state index is 12.5. The molecular formula is C22H21N5O2. The first kappa shape index (κ1) is 18.6. The highest BCUT2D eigenvalue weighted by molar-refractivity contribution is 5.90. The molecule has 0 saturated carbocycles. The molecular weight excluding hydrogens is 366 g/mol. The molecule has 29 heavy (non-hydrogen) atoms. The lowest BCUT2D eigenvalue weighted by Crippen LogP contribution is -2.19. The van der Waals surface area contributed by atoms with Gasteiger partial charge in [-0.1, -0.05) is 29.4 Å². The van der Waals surface area contributed by atoms with Gasteiger partial charge in [0.05, 0.1) is 0 Å². The number of amides is 1. The second-order valence-electron chi connectivity index (χ2n) is 7.01. The molecule has 7 nitrogen and oxygen atoms in total. The molecule has 2 aromatic carbocycles. The summed E-state index contributed by atoms with van der Waals surface area (Å²) in [4.78, 5) is 21.4. The number of nitrogens with zero attached hydrogens (tertiary/aromatic N) is 4. The lowest BCUT2D eigenvalue weighted by molar-refractivity contribution is -0.116. The average Bonchev–Trinajstić information content (AvgIpc) is 3.29. The first-order chi connectivity index (χ1) is 14.0. The topological polar surface area (TPSA) is 85.8 Å². The van der Waals surface area contributed by atoms with Gasteiger partial charge in [0.2, 0.25) is 11.7 Å². The minimum atomic E-state index is -0.125. The summed E-state index contributed by atoms with van der Waals surface area (Å²) in [7, 11) is 0. The summed E-state index contributed by atoms with van der Waals surface area (Å²) in [6.45, 7) is 5.99. The number of carbonyl (C=O) groups excluding carboxylic acids is 1. The normalized spacial score (nSPS) is 10.9. The van der Waals surface area contributed by atoms with Crippen LogP contribution in [0.1, 0.15) is 17.0 Å². The van der Waals surface area contributed by atoms with E-state index in [-0.39, 0.29) is 12.5 Å². The van der Waals surface area contributed by atoms with Gasteiger partial charge in [-0.05, 0) is 56.2 Å². The fourth-order valence-electron chi connectivity index (χ4n) is 3.20. The van der Waals surface area contributed by atoms with Crippen molar-refractivity contribution in [1.29, 1.82) is 0 Å². The molecule has 0 aliphatic heterocycles. The standard InChI is InChI=1S/C22H21N5O2/c1-14-9-15(2)11-18(10-14)24-20(28)13-27-12-19(23-16(27)3)21-25-22(29-26-21)17-7-5-4-6-8-17/h4-12H,13H2,1-3H3,(H,24,28). The van der Waals surface area contributed by atoms with Crippen LogP contribution < -0.4 is 5.32 Å². The molecule has 2 heterocycles. The van der Waals surface area contributed by atoms with E-state index in [2.05, 4.69) is 26.5 Å². The van der Waals surface area contributed by atoms with Crippen LogP contribution >= 0.6 is 0 Å². The number of aryl methyl sites for hydroxylation is 3. The van der Waals surface area contributed by atoms with E-state index in [1.165, 1.54) is 0 Å². The lowest BCUT2D eigenvalue weighted by atomic mass is 10.1. The number of nitrogens with one attached hydrogen (secondary N) is 1. The van der Waals surface area contributed by atoms with Crippen molar-refractivity contribution in [2.75, 3.05) is 5.32 Å². The van der Waals surface area contributed by atoms with Crippen molar-refractivity contribution in [1.82, 2.24) is 19.7 Å². The predicted molar refractivity (Wildman–Crippen MR) is 110 cm³/mol. The van der Waals surface area contributed by atoms with Crippen molar-refractivity contribution in [3.8, 4) is 23.0 Å². The van der Waals surface area contributed by atoms with E-state index in [0.717, 1.165) is 22.4 Å². The van der Waals surface area contributed by atoms with Crippen LogP contribution in [0.5, 0.6) is 0 Å². The van der Waals surface area contributed by atoms with Gasteiger partial charge < -0.3 is 14.4 Å². The van der Waals surface area contributed by atoms with E-state index in [1.807, 2.05) is 63.2 Å². The van der Waals surface area contributed by atoms with Crippen molar-refractivity contribution in [3.63, 3.8) is 0 Å². The molecule has 0 unspecified atom stereocenters. The maximum Gasteiger partial charge on any atom is 0.258 e. The number of hydrogen-bond acceptors (Lipinski definition) is 5.